The third-order valence-electron chi connectivity index (χ3n) is 1.74. The molecule has 0 amide bonds. The lowest BCUT2D eigenvalue weighted by atomic mass is 10.4. The Morgan fingerprint density at radius 1 is 1.73 bits per heavy atom. The molecule has 7 nitrogen and oxygen atoms in total. The normalized spacial score (nSPS) is 14.1. The monoisotopic (exact) mass is 234 g/mol. The van der Waals surface area contributed by atoms with Gasteiger partial charge in [0.15, 0.2) is 5.82 Å². The van der Waals surface area contributed by atoms with Crippen LogP contribution in [0, 0.1) is 0 Å². The molecule has 86 valence electrons. The third kappa shape index (κ3) is 2.67. The molecule has 8 heteroatoms. The van der Waals surface area contributed by atoms with Crippen molar-refractivity contribution in [3.05, 3.63) is 6.20 Å². The Morgan fingerprint density at radius 3 is 2.73 bits per heavy atom. The predicted octanol–water partition coefficient (Wildman–Crippen LogP) is -1.34. The van der Waals surface area contributed by atoms with Crippen LogP contribution in [0.1, 0.15) is 6.92 Å². The Balaban J connectivity index is 3.01. The van der Waals surface area contributed by atoms with Gasteiger partial charge in [-0.25, -0.2) is 13.1 Å². The van der Waals surface area contributed by atoms with E-state index in [1.54, 1.807) is 14.0 Å². The molecular weight excluding hydrogens is 220 g/mol. The second kappa shape index (κ2) is 4.17. The highest BCUT2D eigenvalue weighted by Crippen LogP contribution is 2.15. The van der Waals surface area contributed by atoms with E-state index in [2.05, 4.69) is 9.82 Å². The van der Waals surface area contributed by atoms with Gasteiger partial charge in [-0.05, 0) is 6.92 Å². The summed E-state index contributed by atoms with van der Waals surface area (Å²) in [5.41, 5.74) is 5.43. The van der Waals surface area contributed by atoms with Gasteiger partial charge < -0.3 is 10.8 Å². The van der Waals surface area contributed by atoms with Crippen molar-refractivity contribution in [3.8, 4) is 0 Å². The molecule has 0 spiro atoms. The SMILES string of the molecule is C[C@@H](CO)NS(=O)(=O)c1cn(C)nc1N. The first-order valence-electron chi connectivity index (χ1n) is 4.29. The molecule has 0 aromatic carbocycles. The van der Waals surface area contributed by atoms with E-state index < -0.39 is 16.1 Å². The highest BCUT2D eigenvalue weighted by atomic mass is 32.2. The molecule has 0 fully saturated rings. The molecule has 1 atom stereocenters. The molecule has 0 saturated heterocycles. The van der Waals surface area contributed by atoms with Crippen molar-refractivity contribution in [1.82, 2.24) is 14.5 Å². The zero-order valence-electron chi connectivity index (χ0n) is 8.51. The molecule has 0 saturated carbocycles. The number of nitrogens with zero attached hydrogens (tertiary/aromatic N) is 2. The smallest absolute Gasteiger partial charge is 0.246 e. The quantitative estimate of drug-likeness (QED) is 0.597. The van der Waals surface area contributed by atoms with Crippen molar-refractivity contribution in [3.63, 3.8) is 0 Å². The van der Waals surface area contributed by atoms with Gasteiger partial charge >= 0.3 is 0 Å². The number of anilines is 1. The van der Waals surface area contributed by atoms with Crippen molar-refractivity contribution in [1.29, 1.82) is 0 Å². The molecule has 0 radical (unpaired) electrons. The number of sulfonamides is 1. The summed E-state index contributed by atoms with van der Waals surface area (Å²) >= 11 is 0. The van der Waals surface area contributed by atoms with Gasteiger partial charge in [0.05, 0.1) is 6.61 Å². The fourth-order valence-electron chi connectivity index (χ4n) is 1.06. The summed E-state index contributed by atoms with van der Waals surface area (Å²) in [7, 11) is -2.13. The van der Waals surface area contributed by atoms with Gasteiger partial charge in [-0.15, -0.1) is 0 Å². The number of nitrogens with one attached hydrogen (secondary N) is 1. The molecule has 0 aliphatic carbocycles. The van der Waals surface area contributed by atoms with Gasteiger partial charge in [0, 0.05) is 19.3 Å². The first-order chi connectivity index (χ1) is 6.86. The van der Waals surface area contributed by atoms with Crippen molar-refractivity contribution in [2.24, 2.45) is 7.05 Å². The Kier molecular flexibility index (Phi) is 3.32. The fourth-order valence-corrected chi connectivity index (χ4v) is 2.40. The molecule has 0 bridgehead atoms. The summed E-state index contributed by atoms with van der Waals surface area (Å²) < 4.78 is 26.9. The van der Waals surface area contributed by atoms with E-state index in [0.717, 1.165) is 0 Å². The number of aryl methyl sites for hydroxylation is 1. The molecule has 15 heavy (non-hydrogen) atoms. The Morgan fingerprint density at radius 2 is 2.33 bits per heavy atom. The Labute approximate surface area is 87.9 Å². The molecule has 0 aliphatic rings. The topological polar surface area (TPSA) is 110 Å². The van der Waals surface area contributed by atoms with E-state index in [9.17, 15) is 8.42 Å². The van der Waals surface area contributed by atoms with Crippen LogP contribution in [-0.2, 0) is 17.1 Å². The summed E-state index contributed by atoms with van der Waals surface area (Å²) in [6.07, 6.45) is 1.31. The van der Waals surface area contributed by atoms with Gasteiger partial charge in [0.25, 0.3) is 0 Å². The van der Waals surface area contributed by atoms with Crippen molar-refractivity contribution in [2.75, 3.05) is 12.3 Å². The van der Waals surface area contributed by atoms with Crippen LogP contribution in [0.3, 0.4) is 0 Å². The second-order valence-electron chi connectivity index (χ2n) is 3.26. The molecule has 1 aromatic rings. The van der Waals surface area contributed by atoms with Crippen LogP contribution < -0.4 is 10.5 Å². The number of aromatic nitrogens is 2. The summed E-state index contributed by atoms with van der Waals surface area (Å²) in [6, 6.07) is -0.561. The van der Waals surface area contributed by atoms with E-state index in [1.165, 1.54) is 10.9 Å². The number of nitrogen functional groups attached to an aromatic ring is 1. The lowest BCUT2D eigenvalue weighted by Crippen LogP contribution is -2.35. The zero-order valence-corrected chi connectivity index (χ0v) is 9.32. The van der Waals surface area contributed by atoms with Crippen LogP contribution in [0.2, 0.25) is 0 Å². The molecular formula is C7H14N4O3S. The zero-order chi connectivity index (χ0) is 11.6. The lowest BCUT2D eigenvalue weighted by molar-refractivity contribution is 0.265. The predicted molar refractivity (Wildman–Crippen MR) is 54.5 cm³/mol. The number of rotatable bonds is 4. The summed E-state index contributed by atoms with van der Waals surface area (Å²) in [6.45, 7) is 1.27. The number of aliphatic hydroxyl groups is 1. The number of hydrogen-bond acceptors (Lipinski definition) is 5. The summed E-state index contributed by atoms with van der Waals surface area (Å²) in [4.78, 5) is -0.0784. The maximum Gasteiger partial charge on any atom is 0.246 e. The Bertz CT molecular complexity index is 439. The standard InChI is InChI=1S/C7H14N4O3S/c1-5(4-12)10-15(13,14)6-3-11(2)9-7(6)8/h3,5,10,12H,4H2,1-2H3,(H2,8,9)/t5-/m0/s1. The third-order valence-corrected chi connectivity index (χ3v) is 3.35. The number of hydrogen-bond donors (Lipinski definition) is 3. The van der Waals surface area contributed by atoms with Crippen molar-refractivity contribution >= 4 is 15.8 Å². The maximum atomic E-state index is 11.7. The van der Waals surface area contributed by atoms with Gasteiger partial charge in [-0.3, -0.25) is 4.68 Å². The second-order valence-corrected chi connectivity index (χ2v) is 4.94. The van der Waals surface area contributed by atoms with Gasteiger partial charge in [-0.2, -0.15) is 5.10 Å². The molecule has 1 heterocycles. The highest BCUT2D eigenvalue weighted by Gasteiger charge is 2.22. The minimum absolute atomic E-state index is 0.0601. The van der Waals surface area contributed by atoms with E-state index >= 15 is 0 Å². The minimum Gasteiger partial charge on any atom is -0.395 e. The van der Waals surface area contributed by atoms with Crippen LogP contribution in [0.25, 0.3) is 0 Å². The average molecular weight is 234 g/mol. The van der Waals surface area contributed by atoms with Crippen LogP contribution in [0.5, 0.6) is 0 Å². The summed E-state index contributed by atoms with van der Waals surface area (Å²) in [5.74, 6) is -0.0601. The van der Waals surface area contributed by atoms with Crippen LogP contribution in [0.15, 0.2) is 11.1 Å². The highest BCUT2D eigenvalue weighted by molar-refractivity contribution is 7.89. The summed E-state index contributed by atoms with van der Waals surface area (Å²) in [5, 5.41) is 12.5. The Hall–Kier alpha value is -1.12. The van der Waals surface area contributed by atoms with Crippen molar-refractivity contribution < 1.29 is 13.5 Å². The molecule has 4 N–H and O–H groups in total. The van der Waals surface area contributed by atoms with Crippen LogP contribution in [0.4, 0.5) is 5.82 Å². The van der Waals surface area contributed by atoms with Gasteiger partial charge in [-0.1, -0.05) is 0 Å². The molecule has 1 rings (SSSR count). The van der Waals surface area contributed by atoms with Crippen molar-refractivity contribution in [2.45, 2.75) is 17.9 Å². The number of nitrogens with two attached hydrogens (primary N) is 1. The first kappa shape index (κ1) is 12.0. The van der Waals surface area contributed by atoms with E-state index in [4.69, 9.17) is 10.8 Å². The van der Waals surface area contributed by atoms with Crippen LogP contribution >= 0.6 is 0 Å². The van der Waals surface area contributed by atoms with E-state index in [1.807, 2.05) is 0 Å². The number of aliphatic hydroxyl groups excluding tert-OH is 1. The lowest BCUT2D eigenvalue weighted by Gasteiger charge is -2.10. The first-order valence-corrected chi connectivity index (χ1v) is 5.77. The molecule has 1 aromatic heterocycles. The van der Waals surface area contributed by atoms with E-state index in [0.29, 0.717) is 0 Å². The van der Waals surface area contributed by atoms with Crippen LogP contribution in [-0.4, -0.2) is 36.0 Å². The average Bonchev–Trinajstić information content (AvgIpc) is 2.45. The fraction of sp³-hybridized carbons (Fsp3) is 0.571. The minimum atomic E-state index is -3.70. The maximum absolute atomic E-state index is 11.7. The molecule has 0 aliphatic heterocycles. The van der Waals surface area contributed by atoms with Gasteiger partial charge in [0.2, 0.25) is 10.0 Å². The van der Waals surface area contributed by atoms with E-state index in [-0.39, 0.29) is 17.3 Å². The molecule has 0 unspecified atom stereocenters. The largest absolute Gasteiger partial charge is 0.395 e. The van der Waals surface area contributed by atoms with Gasteiger partial charge in [0.1, 0.15) is 4.90 Å².